The number of likely N-dealkylation sites (tertiary alicyclic amines) is 1. The van der Waals surface area contributed by atoms with E-state index in [0.717, 1.165) is 50.2 Å². The van der Waals surface area contributed by atoms with Crippen LogP contribution in [-0.4, -0.2) is 83.6 Å². The molecule has 1 fully saturated rings. The molecular formula is C26H36N6O4. The summed E-state index contributed by atoms with van der Waals surface area (Å²) in [5, 5.41) is 3.25. The van der Waals surface area contributed by atoms with E-state index >= 15 is 0 Å². The van der Waals surface area contributed by atoms with Gasteiger partial charge in [0.2, 0.25) is 5.88 Å². The van der Waals surface area contributed by atoms with Gasteiger partial charge in [-0.2, -0.15) is 0 Å². The van der Waals surface area contributed by atoms with E-state index in [4.69, 9.17) is 14.2 Å². The zero-order valence-corrected chi connectivity index (χ0v) is 21.4. The molecule has 10 heteroatoms. The molecule has 0 unspecified atom stereocenters. The molecule has 10 nitrogen and oxygen atoms in total. The second-order valence-corrected chi connectivity index (χ2v) is 8.78. The monoisotopic (exact) mass is 496 g/mol. The number of hydrogen-bond donors (Lipinski definition) is 1. The van der Waals surface area contributed by atoms with Crippen molar-refractivity contribution in [3.63, 3.8) is 0 Å². The summed E-state index contributed by atoms with van der Waals surface area (Å²) in [7, 11) is 1.58. The topological polar surface area (TPSA) is 104 Å². The highest BCUT2D eigenvalue weighted by molar-refractivity contribution is 5.78. The predicted octanol–water partition coefficient (Wildman–Crippen LogP) is 2.81. The van der Waals surface area contributed by atoms with Gasteiger partial charge in [0.05, 0.1) is 25.3 Å². The van der Waals surface area contributed by atoms with E-state index in [1.807, 2.05) is 19.1 Å². The normalized spacial score (nSPS) is 16.0. The number of nitrogens with zero attached hydrogens (tertiary/aromatic N) is 5. The van der Waals surface area contributed by atoms with E-state index in [9.17, 15) is 4.79 Å². The van der Waals surface area contributed by atoms with Gasteiger partial charge < -0.3 is 19.5 Å². The molecule has 0 amide bonds. The van der Waals surface area contributed by atoms with Crippen LogP contribution in [0, 0.1) is 0 Å². The van der Waals surface area contributed by atoms with Crippen LogP contribution in [0.4, 0.5) is 5.82 Å². The van der Waals surface area contributed by atoms with Crippen LogP contribution in [0.15, 0.2) is 35.4 Å². The van der Waals surface area contributed by atoms with E-state index < -0.39 is 0 Å². The highest BCUT2D eigenvalue weighted by Crippen LogP contribution is 2.23. The molecule has 0 bridgehead atoms. The molecular weight excluding hydrogens is 460 g/mol. The van der Waals surface area contributed by atoms with Crippen molar-refractivity contribution >= 4 is 17.0 Å². The van der Waals surface area contributed by atoms with Gasteiger partial charge in [0.25, 0.3) is 5.56 Å². The maximum Gasteiger partial charge on any atom is 0.293 e. The maximum absolute atomic E-state index is 13.4. The number of aromatic nitrogens is 4. The van der Waals surface area contributed by atoms with Gasteiger partial charge in [-0.15, -0.1) is 0 Å². The van der Waals surface area contributed by atoms with Crippen LogP contribution in [-0.2, 0) is 16.0 Å². The molecule has 1 atom stereocenters. The molecule has 3 aromatic heterocycles. The number of nitrogens with one attached hydrogen (secondary N) is 1. The molecule has 3 aromatic rings. The third kappa shape index (κ3) is 6.37. The van der Waals surface area contributed by atoms with Crippen LogP contribution in [0.1, 0.15) is 26.7 Å². The first kappa shape index (κ1) is 26.0. The highest BCUT2D eigenvalue weighted by atomic mass is 16.5. The van der Waals surface area contributed by atoms with Gasteiger partial charge in [0, 0.05) is 75.5 Å². The smallest absolute Gasteiger partial charge is 0.293 e. The Morgan fingerprint density at radius 2 is 1.97 bits per heavy atom. The third-order valence-electron chi connectivity index (χ3n) is 6.24. The number of pyridine rings is 2. The van der Waals surface area contributed by atoms with E-state index in [2.05, 4.69) is 32.1 Å². The van der Waals surface area contributed by atoms with Crippen LogP contribution in [0.2, 0.25) is 0 Å². The zero-order chi connectivity index (χ0) is 25.3. The Morgan fingerprint density at radius 1 is 1.11 bits per heavy atom. The van der Waals surface area contributed by atoms with Gasteiger partial charge in [-0.3, -0.25) is 14.3 Å². The minimum Gasteiger partial charge on any atom is -0.481 e. The van der Waals surface area contributed by atoms with Crippen molar-refractivity contribution in [3.05, 3.63) is 40.9 Å². The Bertz CT molecular complexity index is 1180. The summed E-state index contributed by atoms with van der Waals surface area (Å²) in [6, 6.07) is 5.65. The SMILES string of the molecule is CCCOCCn1c(=O)c(NCCN2CC[C@@H](OCC)C2)nc2ncc(-c3ccc(OC)nc3)cc21. The molecule has 1 N–H and O–H groups in total. The van der Waals surface area contributed by atoms with Gasteiger partial charge >= 0.3 is 0 Å². The van der Waals surface area contributed by atoms with Gasteiger partial charge in [-0.1, -0.05) is 6.92 Å². The second kappa shape index (κ2) is 12.8. The summed E-state index contributed by atoms with van der Waals surface area (Å²) >= 11 is 0. The quantitative estimate of drug-likeness (QED) is 0.358. The number of fused-ring (bicyclic) bond motifs is 1. The lowest BCUT2D eigenvalue weighted by atomic mass is 10.1. The molecule has 0 spiro atoms. The molecule has 4 heterocycles. The summed E-state index contributed by atoms with van der Waals surface area (Å²) in [4.78, 5) is 29.2. The number of hydrogen-bond acceptors (Lipinski definition) is 9. The first-order valence-corrected chi connectivity index (χ1v) is 12.7. The van der Waals surface area contributed by atoms with E-state index in [-0.39, 0.29) is 5.56 Å². The number of ether oxygens (including phenoxy) is 3. The molecule has 0 radical (unpaired) electrons. The van der Waals surface area contributed by atoms with Crippen LogP contribution in [0.5, 0.6) is 5.88 Å². The van der Waals surface area contributed by atoms with Crippen LogP contribution >= 0.6 is 0 Å². The summed E-state index contributed by atoms with van der Waals surface area (Å²) in [5.74, 6) is 0.849. The first-order chi connectivity index (χ1) is 17.6. The molecule has 194 valence electrons. The standard InChI is InChI=1S/C26H36N6O4/c1-4-13-35-14-12-32-22-15-20(19-6-7-23(34-3)28-16-19)17-29-24(22)30-25(26(32)33)27-9-11-31-10-8-21(18-31)36-5-2/h6-7,15-17,21H,4-5,8-14,18H2,1-3H3,(H,27,29,30)/t21-/m1/s1. The number of rotatable bonds is 13. The van der Waals surface area contributed by atoms with Crippen molar-refractivity contribution in [1.82, 2.24) is 24.4 Å². The minimum absolute atomic E-state index is 0.178. The van der Waals surface area contributed by atoms with Gasteiger partial charge in [-0.05, 0) is 31.9 Å². The van der Waals surface area contributed by atoms with Crippen molar-refractivity contribution in [2.45, 2.75) is 39.3 Å². The van der Waals surface area contributed by atoms with Crippen molar-refractivity contribution in [3.8, 4) is 17.0 Å². The Kier molecular flexibility index (Phi) is 9.21. The molecule has 0 aromatic carbocycles. The van der Waals surface area contributed by atoms with Crippen LogP contribution < -0.4 is 15.6 Å². The van der Waals surface area contributed by atoms with E-state index in [0.29, 0.717) is 55.3 Å². The molecule has 1 aliphatic heterocycles. The Hall–Kier alpha value is -3.08. The highest BCUT2D eigenvalue weighted by Gasteiger charge is 2.22. The summed E-state index contributed by atoms with van der Waals surface area (Å²) in [5.41, 5.74) is 2.72. The predicted molar refractivity (Wildman–Crippen MR) is 140 cm³/mol. The Morgan fingerprint density at radius 3 is 2.72 bits per heavy atom. The van der Waals surface area contributed by atoms with Crippen molar-refractivity contribution < 1.29 is 14.2 Å². The van der Waals surface area contributed by atoms with Crippen molar-refractivity contribution in [2.24, 2.45) is 0 Å². The van der Waals surface area contributed by atoms with E-state index in [1.54, 1.807) is 30.1 Å². The minimum atomic E-state index is -0.178. The van der Waals surface area contributed by atoms with Crippen molar-refractivity contribution in [1.29, 1.82) is 0 Å². The average molecular weight is 497 g/mol. The summed E-state index contributed by atoms with van der Waals surface area (Å²) < 4.78 is 18.3. The number of anilines is 1. The molecule has 1 aliphatic rings. The Labute approximate surface area is 211 Å². The fourth-order valence-electron chi connectivity index (χ4n) is 4.40. The molecule has 0 saturated carbocycles. The lowest BCUT2D eigenvalue weighted by Gasteiger charge is -2.17. The lowest BCUT2D eigenvalue weighted by Crippen LogP contribution is -2.32. The van der Waals surface area contributed by atoms with E-state index in [1.165, 1.54) is 0 Å². The average Bonchev–Trinajstić information content (AvgIpc) is 3.35. The fourth-order valence-corrected chi connectivity index (χ4v) is 4.40. The third-order valence-corrected chi connectivity index (χ3v) is 6.24. The van der Waals surface area contributed by atoms with Crippen LogP contribution in [0.3, 0.4) is 0 Å². The first-order valence-electron chi connectivity index (χ1n) is 12.7. The van der Waals surface area contributed by atoms with Gasteiger partial charge in [-0.25, -0.2) is 15.0 Å². The lowest BCUT2D eigenvalue weighted by molar-refractivity contribution is 0.0692. The number of methoxy groups -OCH3 is 1. The molecule has 4 rings (SSSR count). The maximum atomic E-state index is 13.4. The fraction of sp³-hybridized carbons (Fsp3) is 0.538. The second-order valence-electron chi connectivity index (χ2n) is 8.78. The Balaban J connectivity index is 1.56. The molecule has 0 aliphatic carbocycles. The molecule has 36 heavy (non-hydrogen) atoms. The summed E-state index contributed by atoms with van der Waals surface area (Å²) in [6.07, 6.45) is 5.75. The van der Waals surface area contributed by atoms with Gasteiger partial charge in [0.1, 0.15) is 0 Å². The zero-order valence-electron chi connectivity index (χ0n) is 21.4. The molecule has 1 saturated heterocycles. The van der Waals surface area contributed by atoms with Crippen molar-refractivity contribution in [2.75, 3.05) is 58.4 Å². The summed E-state index contributed by atoms with van der Waals surface area (Å²) in [6.45, 7) is 9.70. The van der Waals surface area contributed by atoms with Crippen LogP contribution in [0.25, 0.3) is 22.3 Å². The van der Waals surface area contributed by atoms with Gasteiger partial charge in [0.15, 0.2) is 11.5 Å². The largest absolute Gasteiger partial charge is 0.481 e.